The normalized spacial score (nSPS) is 10.8. The van der Waals surface area contributed by atoms with Crippen molar-refractivity contribution < 1.29 is 5.11 Å². The van der Waals surface area contributed by atoms with E-state index in [0.29, 0.717) is 6.54 Å². The van der Waals surface area contributed by atoms with Gasteiger partial charge in [0, 0.05) is 24.2 Å². The minimum atomic E-state index is -0.00395. The number of anilines is 1. The number of imidazole rings is 1. The number of hydrogen-bond acceptors (Lipinski definition) is 4. The topological polar surface area (TPSA) is 62.5 Å². The van der Waals surface area contributed by atoms with Crippen molar-refractivity contribution in [2.24, 2.45) is 0 Å². The van der Waals surface area contributed by atoms with E-state index in [-0.39, 0.29) is 6.61 Å². The largest absolute Gasteiger partial charge is 0.392 e. The van der Waals surface area contributed by atoms with Crippen LogP contribution < -0.4 is 5.32 Å². The maximum absolute atomic E-state index is 9.24. The molecule has 0 amide bonds. The Kier molecular flexibility index (Phi) is 3.12. The Bertz CT molecular complexity index is 659. The predicted molar refractivity (Wildman–Crippen MR) is 72.7 cm³/mol. The molecule has 0 saturated heterocycles. The monoisotopic (exact) mass is 254 g/mol. The molecule has 2 N–H and O–H groups in total. The molecule has 3 aromatic heterocycles. The van der Waals surface area contributed by atoms with Gasteiger partial charge in [0.15, 0.2) is 0 Å². The molecule has 0 saturated carbocycles. The molecule has 0 aliphatic rings. The Morgan fingerprint density at radius 2 is 2.21 bits per heavy atom. The van der Waals surface area contributed by atoms with Crippen molar-refractivity contribution in [3.05, 3.63) is 60.3 Å². The van der Waals surface area contributed by atoms with Gasteiger partial charge in [-0.25, -0.2) is 4.98 Å². The number of nitrogens with zero attached hydrogens (tertiary/aromatic N) is 3. The number of aromatic nitrogens is 3. The Labute approximate surface area is 110 Å². The lowest BCUT2D eigenvalue weighted by Gasteiger charge is -2.07. The summed E-state index contributed by atoms with van der Waals surface area (Å²) < 4.78 is 1.98. The first-order chi connectivity index (χ1) is 9.36. The summed E-state index contributed by atoms with van der Waals surface area (Å²) in [6, 6.07) is 7.69. The molecule has 0 unspecified atom stereocenters. The fourth-order valence-electron chi connectivity index (χ4n) is 1.98. The fourth-order valence-corrected chi connectivity index (χ4v) is 1.98. The molecule has 3 heterocycles. The standard InChI is InChI=1S/C14H14N4O/c19-10-11-4-5-15-8-13(11)16-7-12-9-18-6-2-1-3-14(18)17-12/h1-6,8-9,16,19H,7,10H2. The Morgan fingerprint density at radius 3 is 3.05 bits per heavy atom. The van der Waals surface area contributed by atoms with Crippen molar-refractivity contribution in [3.8, 4) is 0 Å². The molecule has 96 valence electrons. The summed E-state index contributed by atoms with van der Waals surface area (Å²) in [5, 5.41) is 12.5. The third-order valence-electron chi connectivity index (χ3n) is 2.96. The predicted octanol–water partition coefficient (Wildman–Crippen LogP) is 1.83. The summed E-state index contributed by atoms with van der Waals surface area (Å²) in [5.41, 5.74) is 3.53. The van der Waals surface area contributed by atoms with Crippen molar-refractivity contribution in [1.29, 1.82) is 0 Å². The summed E-state index contributed by atoms with van der Waals surface area (Å²) in [5.74, 6) is 0. The SMILES string of the molecule is OCc1ccncc1NCc1cn2ccccc2n1. The molecular formula is C14H14N4O. The molecule has 0 aromatic carbocycles. The van der Waals surface area contributed by atoms with E-state index in [1.807, 2.05) is 35.0 Å². The molecular weight excluding hydrogens is 240 g/mol. The lowest BCUT2D eigenvalue weighted by molar-refractivity contribution is 0.282. The zero-order chi connectivity index (χ0) is 13.1. The lowest BCUT2D eigenvalue weighted by Crippen LogP contribution is -2.03. The van der Waals surface area contributed by atoms with Gasteiger partial charge < -0.3 is 14.8 Å². The van der Waals surface area contributed by atoms with Crippen LogP contribution in [0.5, 0.6) is 0 Å². The molecule has 19 heavy (non-hydrogen) atoms. The number of pyridine rings is 2. The van der Waals surface area contributed by atoms with E-state index in [4.69, 9.17) is 0 Å². The zero-order valence-electron chi connectivity index (χ0n) is 10.3. The maximum atomic E-state index is 9.24. The van der Waals surface area contributed by atoms with Gasteiger partial charge in [-0.05, 0) is 18.2 Å². The second kappa shape index (κ2) is 5.07. The highest BCUT2D eigenvalue weighted by Crippen LogP contribution is 2.14. The van der Waals surface area contributed by atoms with Crippen LogP contribution in [0.4, 0.5) is 5.69 Å². The molecule has 0 atom stereocenters. The van der Waals surface area contributed by atoms with Crippen LogP contribution in [0.2, 0.25) is 0 Å². The maximum Gasteiger partial charge on any atom is 0.137 e. The first-order valence-corrected chi connectivity index (χ1v) is 6.07. The average Bonchev–Trinajstić information content (AvgIpc) is 2.88. The number of nitrogens with one attached hydrogen (secondary N) is 1. The van der Waals surface area contributed by atoms with Crippen molar-refractivity contribution in [2.45, 2.75) is 13.2 Å². The molecule has 3 aromatic rings. The Hall–Kier alpha value is -2.40. The molecule has 0 aliphatic heterocycles. The van der Waals surface area contributed by atoms with Gasteiger partial charge in [-0.2, -0.15) is 0 Å². The van der Waals surface area contributed by atoms with Crippen LogP contribution in [0.25, 0.3) is 5.65 Å². The minimum Gasteiger partial charge on any atom is -0.392 e. The van der Waals surface area contributed by atoms with Crippen LogP contribution in [-0.4, -0.2) is 19.5 Å². The smallest absolute Gasteiger partial charge is 0.137 e. The number of hydrogen-bond donors (Lipinski definition) is 2. The summed E-state index contributed by atoms with van der Waals surface area (Å²) >= 11 is 0. The zero-order valence-corrected chi connectivity index (χ0v) is 10.3. The van der Waals surface area contributed by atoms with E-state index in [1.54, 1.807) is 18.5 Å². The third kappa shape index (κ3) is 2.41. The van der Waals surface area contributed by atoms with Gasteiger partial charge in [0.05, 0.1) is 30.7 Å². The molecule has 0 aliphatic carbocycles. The summed E-state index contributed by atoms with van der Waals surface area (Å²) in [6.07, 6.45) is 7.33. The number of aliphatic hydroxyl groups excluding tert-OH is 1. The van der Waals surface area contributed by atoms with Crippen LogP contribution in [0.1, 0.15) is 11.3 Å². The van der Waals surface area contributed by atoms with Crippen LogP contribution in [-0.2, 0) is 13.2 Å². The van der Waals surface area contributed by atoms with Gasteiger partial charge >= 0.3 is 0 Å². The van der Waals surface area contributed by atoms with Gasteiger partial charge in [0.2, 0.25) is 0 Å². The van der Waals surface area contributed by atoms with Crippen molar-refractivity contribution in [2.75, 3.05) is 5.32 Å². The fraction of sp³-hybridized carbons (Fsp3) is 0.143. The van der Waals surface area contributed by atoms with Gasteiger partial charge in [-0.1, -0.05) is 6.07 Å². The second-order valence-electron chi connectivity index (χ2n) is 4.24. The summed E-state index contributed by atoms with van der Waals surface area (Å²) in [7, 11) is 0. The van der Waals surface area contributed by atoms with Gasteiger partial charge in [-0.15, -0.1) is 0 Å². The molecule has 3 rings (SSSR count). The van der Waals surface area contributed by atoms with Gasteiger partial charge in [-0.3, -0.25) is 4.98 Å². The minimum absolute atomic E-state index is 0.00395. The van der Waals surface area contributed by atoms with E-state index >= 15 is 0 Å². The average molecular weight is 254 g/mol. The first-order valence-electron chi connectivity index (χ1n) is 6.07. The van der Waals surface area contributed by atoms with E-state index in [1.165, 1.54) is 0 Å². The number of fused-ring (bicyclic) bond motifs is 1. The van der Waals surface area contributed by atoms with E-state index in [0.717, 1.165) is 22.6 Å². The molecule has 5 heteroatoms. The number of rotatable bonds is 4. The lowest BCUT2D eigenvalue weighted by atomic mass is 10.2. The van der Waals surface area contributed by atoms with Crippen molar-refractivity contribution in [3.63, 3.8) is 0 Å². The summed E-state index contributed by atoms with van der Waals surface area (Å²) in [4.78, 5) is 8.55. The Morgan fingerprint density at radius 1 is 1.26 bits per heavy atom. The highest BCUT2D eigenvalue weighted by Gasteiger charge is 2.03. The van der Waals surface area contributed by atoms with E-state index in [2.05, 4.69) is 15.3 Å². The molecule has 0 bridgehead atoms. The van der Waals surface area contributed by atoms with Gasteiger partial charge in [0.25, 0.3) is 0 Å². The van der Waals surface area contributed by atoms with Gasteiger partial charge in [0.1, 0.15) is 5.65 Å². The highest BCUT2D eigenvalue weighted by atomic mass is 16.3. The molecule has 0 fully saturated rings. The molecule has 0 radical (unpaired) electrons. The van der Waals surface area contributed by atoms with E-state index in [9.17, 15) is 5.11 Å². The quantitative estimate of drug-likeness (QED) is 0.745. The Balaban J connectivity index is 1.78. The highest BCUT2D eigenvalue weighted by molar-refractivity contribution is 5.49. The van der Waals surface area contributed by atoms with Crippen molar-refractivity contribution in [1.82, 2.24) is 14.4 Å². The second-order valence-corrected chi connectivity index (χ2v) is 4.24. The molecule has 0 spiro atoms. The third-order valence-corrected chi connectivity index (χ3v) is 2.96. The first kappa shape index (κ1) is 11.7. The van der Waals surface area contributed by atoms with Crippen LogP contribution >= 0.6 is 0 Å². The van der Waals surface area contributed by atoms with Crippen LogP contribution in [0.3, 0.4) is 0 Å². The molecule has 5 nitrogen and oxygen atoms in total. The van der Waals surface area contributed by atoms with E-state index < -0.39 is 0 Å². The van der Waals surface area contributed by atoms with Crippen molar-refractivity contribution >= 4 is 11.3 Å². The summed E-state index contributed by atoms with van der Waals surface area (Å²) in [6.45, 7) is 0.594. The van der Waals surface area contributed by atoms with Crippen LogP contribution in [0.15, 0.2) is 49.1 Å². The number of aliphatic hydroxyl groups is 1. The van der Waals surface area contributed by atoms with Crippen LogP contribution in [0, 0.1) is 0 Å².